The van der Waals surface area contributed by atoms with E-state index in [2.05, 4.69) is 32.2 Å². The molecule has 300 valence electrons. The summed E-state index contributed by atoms with van der Waals surface area (Å²) in [7, 11) is -4.00. The van der Waals surface area contributed by atoms with Gasteiger partial charge in [0.15, 0.2) is 0 Å². The summed E-state index contributed by atoms with van der Waals surface area (Å²) in [6.45, 7) is 15.7. The highest BCUT2D eigenvalue weighted by molar-refractivity contribution is 7.90. The van der Waals surface area contributed by atoms with Gasteiger partial charge in [0, 0.05) is 29.5 Å². The van der Waals surface area contributed by atoms with E-state index in [0.717, 1.165) is 18.4 Å². The zero-order valence-electron chi connectivity index (χ0n) is 32.4. The lowest BCUT2D eigenvalue weighted by Gasteiger charge is -2.36. The molecule has 1 aromatic heterocycles. The van der Waals surface area contributed by atoms with E-state index in [-0.39, 0.29) is 19.4 Å². The van der Waals surface area contributed by atoms with Gasteiger partial charge < -0.3 is 25.0 Å². The third kappa shape index (κ3) is 9.84. The highest BCUT2D eigenvalue weighted by Crippen LogP contribution is 2.45. The lowest BCUT2D eigenvalue weighted by molar-refractivity contribution is -0.143. The first-order chi connectivity index (χ1) is 25.6. The number of alkyl carbamates (subject to hydrolysis) is 1. The van der Waals surface area contributed by atoms with Gasteiger partial charge in [-0.15, -0.1) is 17.9 Å². The molecule has 3 fully saturated rings. The monoisotopic (exact) mass is 800 g/mol. The second-order valence-electron chi connectivity index (χ2n) is 16.6. The lowest BCUT2D eigenvalue weighted by atomic mass is 9.85. The molecule has 4 N–H and O–H groups in total. The predicted molar refractivity (Wildman–Crippen MR) is 207 cm³/mol. The molecule has 17 heteroatoms. The Labute approximate surface area is 326 Å². The van der Waals surface area contributed by atoms with Crippen molar-refractivity contribution in [1.82, 2.24) is 25.2 Å². The number of aromatic nitrogens is 1. The molecular formula is C38H52N6O9S2. The van der Waals surface area contributed by atoms with Crippen LogP contribution in [-0.2, 0) is 33.9 Å². The standard InChI is InChI=1S/C38H52N6O9S2/c1-9-23-20-38(23,33(47)43-55(50,51)25-12-10-11-13-25)42-30(45)28-19-24(21-44(28)32(46)29(36(3,4)5)41-35(49)53-37(6,7)8)52-34(48)40-27-18-22(2)14-15-26(27)31-39-16-17-54-31/h9,14-18,23-25,28-29H,1,10-13,19-21H2,2-8H3,(H,40,48)(H,41,49)(H,42,45)(H,43,47)/t23?,24-,28+,29-,38-/m1/s1. The number of nitrogens with one attached hydrogen (secondary N) is 4. The Kier molecular flexibility index (Phi) is 12.1. The molecule has 2 aliphatic carbocycles. The van der Waals surface area contributed by atoms with Crippen LogP contribution in [0.15, 0.2) is 42.4 Å². The Morgan fingerprint density at radius 3 is 2.35 bits per heavy atom. The largest absolute Gasteiger partial charge is 0.444 e. The second-order valence-corrected chi connectivity index (χ2v) is 19.5. The fourth-order valence-electron chi connectivity index (χ4n) is 7.05. The molecule has 0 bridgehead atoms. The molecule has 2 saturated carbocycles. The van der Waals surface area contributed by atoms with Crippen molar-refractivity contribution in [1.29, 1.82) is 0 Å². The summed E-state index contributed by atoms with van der Waals surface area (Å²) in [6, 6.07) is 3.04. The summed E-state index contributed by atoms with van der Waals surface area (Å²) in [5, 5.41) is 9.97. The summed E-state index contributed by atoms with van der Waals surface area (Å²) in [4.78, 5) is 74.3. The van der Waals surface area contributed by atoms with Crippen molar-refractivity contribution in [2.75, 3.05) is 11.9 Å². The van der Waals surface area contributed by atoms with Crippen LogP contribution in [0, 0.1) is 18.3 Å². The van der Waals surface area contributed by atoms with Crippen molar-refractivity contribution in [2.45, 2.75) is 122 Å². The molecule has 1 unspecified atom stereocenters. The molecule has 5 rings (SSSR count). The van der Waals surface area contributed by atoms with Crippen LogP contribution in [0.3, 0.4) is 0 Å². The summed E-state index contributed by atoms with van der Waals surface area (Å²) >= 11 is 1.40. The minimum absolute atomic E-state index is 0.0972. The Balaban J connectivity index is 1.40. The Morgan fingerprint density at radius 1 is 1.07 bits per heavy atom. The van der Waals surface area contributed by atoms with Gasteiger partial charge in [-0.3, -0.25) is 24.4 Å². The number of amides is 5. The van der Waals surface area contributed by atoms with Gasteiger partial charge in [-0.1, -0.05) is 45.8 Å². The molecule has 1 aliphatic heterocycles. The third-order valence-corrected chi connectivity index (χ3v) is 12.6. The zero-order valence-corrected chi connectivity index (χ0v) is 34.0. The fraction of sp³-hybridized carbons (Fsp3) is 0.579. The molecule has 2 aromatic rings. The average Bonchev–Trinajstić information content (AvgIpc) is 3.58. The van der Waals surface area contributed by atoms with Crippen LogP contribution in [0.1, 0.15) is 85.6 Å². The molecule has 1 aromatic carbocycles. The van der Waals surface area contributed by atoms with E-state index in [0.29, 0.717) is 29.1 Å². The summed E-state index contributed by atoms with van der Waals surface area (Å²) in [5.74, 6) is -2.86. The molecule has 15 nitrogen and oxygen atoms in total. The molecule has 2 heterocycles. The maximum atomic E-state index is 14.5. The van der Waals surface area contributed by atoms with Crippen LogP contribution < -0.4 is 20.7 Å². The number of carbonyl (C=O) groups is 5. The van der Waals surface area contributed by atoms with Gasteiger partial charge in [0.2, 0.25) is 21.8 Å². The molecule has 1 saturated heterocycles. The van der Waals surface area contributed by atoms with Crippen molar-refractivity contribution >= 4 is 57.0 Å². The quantitative estimate of drug-likeness (QED) is 0.224. The van der Waals surface area contributed by atoms with Crippen LogP contribution in [0.2, 0.25) is 0 Å². The van der Waals surface area contributed by atoms with E-state index in [1.807, 2.05) is 24.4 Å². The third-order valence-electron chi connectivity index (χ3n) is 10.00. The fourth-order valence-corrected chi connectivity index (χ4v) is 9.29. The number of anilines is 1. The highest BCUT2D eigenvalue weighted by atomic mass is 32.2. The molecule has 0 spiro atoms. The van der Waals surface area contributed by atoms with E-state index in [4.69, 9.17) is 9.47 Å². The highest BCUT2D eigenvalue weighted by Gasteiger charge is 2.62. The number of likely N-dealkylation sites (tertiary alicyclic amines) is 1. The van der Waals surface area contributed by atoms with Gasteiger partial charge in [0.05, 0.1) is 17.5 Å². The van der Waals surface area contributed by atoms with Crippen molar-refractivity contribution in [3.8, 4) is 10.6 Å². The number of sulfonamides is 1. The van der Waals surface area contributed by atoms with E-state index in [9.17, 15) is 32.4 Å². The van der Waals surface area contributed by atoms with Gasteiger partial charge in [-0.25, -0.2) is 23.0 Å². The van der Waals surface area contributed by atoms with Gasteiger partial charge in [-0.2, -0.15) is 0 Å². The summed E-state index contributed by atoms with van der Waals surface area (Å²) in [6.07, 6.45) is 2.75. The van der Waals surface area contributed by atoms with E-state index in [1.165, 1.54) is 22.3 Å². The van der Waals surface area contributed by atoms with Crippen molar-refractivity contribution in [3.05, 3.63) is 48.0 Å². The molecule has 5 atom stereocenters. The van der Waals surface area contributed by atoms with Crippen LogP contribution in [0.4, 0.5) is 15.3 Å². The summed E-state index contributed by atoms with van der Waals surface area (Å²) < 4.78 is 39.7. The van der Waals surface area contributed by atoms with E-state index >= 15 is 0 Å². The normalized spacial score (nSPS) is 23.3. The zero-order chi connectivity index (χ0) is 40.5. The Bertz CT molecular complexity index is 1920. The molecule has 0 radical (unpaired) electrons. The number of benzene rings is 1. The minimum Gasteiger partial charge on any atom is -0.444 e. The minimum atomic E-state index is -4.00. The number of nitrogens with zero attached hydrogens (tertiary/aromatic N) is 2. The average molecular weight is 801 g/mol. The van der Waals surface area contributed by atoms with Gasteiger partial charge in [-0.05, 0) is 70.1 Å². The first-order valence-corrected chi connectivity index (χ1v) is 20.8. The van der Waals surface area contributed by atoms with Crippen molar-refractivity contribution in [2.24, 2.45) is 11.3 Å². The van der Waals surface area contributed by atoms with E-state index < -0.39 is 85.8 Å². The Hall–Kier alpha value is -4.51. The SMILES string of the molecule is C=CC1C[C@]1(NC(=O)[C@@H]1C[C@@H](OC(=O)Nc2cc(C)ccc2-c2nccs2)CN1C(=O)[C@@H](NC(=O)OC(C)(C)C)C(C)(C)C)C(=O)NS(=O)(=O)C1CCCC1. The summed E-state index contributed by atoms with van der Waals surface area (Å²) in [5.41, 5.74) is -1.34. The maximum absolute atomic E-state index is 14.5. The molecular weight excluding hydrogens is 749 g/mol. The smallest absolute Gasteiger partial charge is 0.411 e. The topological polar surface area (TPSA) is 202 Å². The molecule has 55 heavy (non-hydrogen) atoms. The van der Waals surface area contributed by atoms with E-state index in [1.54, 1.807) is 53.8 Å². The molecule has 3 aliphatic rings. The first-order valence-electron chi connectivity index (χ1n) is 18.4. The number of hydrogen-bond acceptors (Lipinski definition) is 11. The lowest BCUT2D eigenvalue weighted by Crippen LogP contribution is -2.60. The maximum Gasteiger partial charge on any atom is 0.411 e. The van der Waals surface area contributed by atoms with Gasteiger partial charge in [0.25, 0.3) is 5.91 Å². The number of thiazole rings is 1. The van der Waals surface area contributed by atoms with Crippen molar-refractivity contribution < 1.29 is 41.9 Å². The van der Waals surface area contributed by atoms with Gasteiger partial charge in [0.1, 0.15) is 34.3 Å². The Morgan fingerprint density at radius 2 is 1.76 bits per heavy atom. The first kappa shape index (κ1) is 41.6. The number of aryl methyl sites for hydroxylation is 1. The number of hydrogen-bond donors (Lipinski definition) is 4. The van der Waals surface area contributed by atoms with Crippen molar-refractivity contribution in [3.63, 3.8) is 0 Å². The second kappa shape index (κ2) is 15.9. The van der Waals surface area contributed by atoms with Gasteiger partial charge >= 0.3 is 12.2 Å². The number of rotatable bonds is 11. The predicted octanol–water partition coefficient (Wildman–Crippen LogP) is 5.03. The van der Waals surface area contributed by atoms with Crippen LogP contribution in [0.25, 0.3) is 10.6 Å². The van der Waals surface area contributed by atoms with Crippen LogP contribution in [-0.4, -0.2) is 89.3 Å². The number of ether oxygens (including phenoxy) is 2. The molecule has 5 amide bonds. The number of carbonyl (C=O) groups excluding carboxylic acids is 5. The van der Waals surface area contributed by atoms with Crippen LogP contribution in [0.5, 0.6) is 0 Å². The van der Waals surface area contributed by atoms with Crippen LogP contribution >= 0.6 is 11.3 Å².